The lowest BCUT2D eigenvalue weighted by atomic mass is 9.89. The molecule has 1 aromatic rings. The number of amides is 1. The zero-order valence-corrected chi connectivity index (χ0v) is 10.5. The standard InChI is InChI=1S/C15H19NO2/c17-15-11-18-14-9-5-4-8-13(14)16(15)10-12-6-2-1-3-7-12/h1-3,6-7,13-14H,4-5,8-11H2/t13-,14+/m1/s1. The summed E-state index contributed by atoms with van der Waals surface area (Å²) in [5.74, 6) is 0.141. The van der Waals surface area contributed by atoms with Gasteiger partial charge in [-0.2, -0.15) is 0 Å². The van der Waals surface area contributed by atoms with E-state index in [1.807, 2.05) is 23.1 Å². The molecule has 0 bridgehead atoms. The van der Waals surface area contributed by atoms with E-state index >= 15 is 0 Å². The van der Waals surface area contributed by atoms with E-state index in [1.165, 1.54) is 18.4 Å². The number of hydrogen-bond donors (Lipinski definition) is 0. The maximum Gasteiger partial charge on any atom is 0.249 e. The van der Waals surface area contributed by atoms with Crippen LogP contribution in [0.2, 0.25) is 0 Å². The van der Waals surface area contributed by atoms with Gasteiger partial charge in [-0.3, -0.25) is 4.79 Å². The van der Waals surface area contributed by atoms with Gasteiger partial charge >= 0.3 is 0 Å². The van der Waals surface area contributed by atoms with E-state index in [2.05, 4.69) is 12.1 Å². The van der Waals surface area contributed by atoms with Crippen molar-refractivity contribution in [2.75, 3.05) is 6.61 Å². The van der Waals surface area contributed by atoms with Gasteiger partial charge < -0.3 is 9.64 Å². The molecule has 2 aliphatic rings. The molecule has 1 amide bonds. The van der Waals surface area contributed by atoms with Crippen molar-refractivity contribution in [1.82, 2.24) is 4.90 Å². The van der Waals surface area contributed by atoms with Crippen LogP contribution in [0, 0.1) is 0 Å². The Morgan fingerprint density at radius 1 is 1.17 bits per heavy atom. The van der Waals surface area contributed by atoms with E-state index in [4.69, 9.17) is 4.74 Å². The third-order valence-corrected chi connectivity index (χ3v) is 4.00. The van der Waals surface area contributed by atoms with Crippen LogP contribution in [-0.4, -0.2) is 29.6 Å². The molecule has 0 radical (unpaired) electrons. The van der Waals surface area contributed by atoms with Crippen molar-refractivity contribution < 1.29 is 9.53 Å². The monoisotopic (exact) mass is 245 g/mol. The van der Waals surface area contributed by atoms with Crippen LogP contribution < -0.4 is 0 Å². The maximum atomic E-state index is 12.1. The van der Waals surface area contributed by atoms with Gasteiger partial charge in [0.25, 0.3) is 0 Å². The zero-order valence-electron chi connectivity index (χ0n) is 10.5. The summed E-state index contributed by atoms with van der Waals surface area (Å²) in [5.41, 5.74) is 1.21. The minimum atomic E-state index is 0.141. The smallest absolute Gasteiger partial charge is 0.249 e. The molecule has 3 nitrogen and oxygen atoms in total. The van der Waals surface area contributed by atoms with Crippen molar-refractivity contribution in [2.45, 2.75) is 44.4 Å². The van der Waals surface area contributed by atoms with Crippen LogP contribution in [0.5, 0.6) is 0 Å². The van der Waals surface area contributed by atoms with Crippen molar-refractivity contribution in [2.24, 2.45) is 0 Å². The Kier molecular flexibility index (Phi) is 3.33. The molecule has 1 saturated carbocycles. The Labute approximate surface area is 108 Å². The number of fused-ring (bicyclic) bond motifs is 1. The molecule has 1 aromatic carbocycles. The third kappa shape index (κ3) is 2.27. The maximum absolute atomic E-state index is 12.1. The van der Waals surface area contributed by atoms with Crippen molar-refractivity contribution >= 4 is 5.91 Å². The van der Waals surface area contributed by atoms with Crippen molar-refractivity contribution in [3.8, 4) is 0 Å². The minimum absolute atomic E-state index is 0.141. The summed E-state index contributed by atoms with van der Waals surface area (Å²) in [5, 5.41) is 0. The fourth-order valence-electron chi connectivity index (χ4n) is 3.06. The van der Waals surface area contributed by atoms with E-state index in [0.717, 1.165) is 19.4 Å². The largest absolute Gasteiger partial charge is 0.366 e. The Morgan fingerprint density at radius 2 is 1.94 bits per heavy atom. The molecule has 1 aliphatic carbocycles. The number of nitrogens with zero attached hydrogens (tertiary/aromatic N) is 1. The highest BCUT2D eigenvalue weighted by molar-refractivity contribution is 5.78. The number of carbonyl (C=O) groups excluding carboxylic acids is 1. The average molecular weight is 245 g/mol. The van der Waals surface area contributed by atoms with Crippen molar-refractivity contribution in [3.05, 3.63) is 35.9 Å². The SMILES string of the molecule is O=C1CO[C@H]2CCCC[C@H]2N1Cc1ccccc1. The van der Waals surface area contributed by atoms with Gasteiger partial charge in [-0.1, -0.05) is 43.2 Å². The number of carbonyl (C=O) groups is 1. The van der Waals surface area contributed by atoms with Gasteiger partial charge in [0.15, 0.2) is 0 Å². The second-order valence-electron chi connectivity index (χ2n) is 5.21. The first-order valence-corrected chi connectivity index (χ1v) is 6.79. The van der Waals surface area contributed by atoms with Crippen LogP contribution in [0.3, 0.4) is 0 Å². The summed E-state index contributed by atoms with van der Waals surface area (Å²) in [4.78, 5) is 14.1. The molecule has 18 heavy (non-hydrogen) atoms. The number of hydrogen-bond acceptors (Lipinski definition) is 2. The molecule has 3 rings (SSSR count). The van der Waals surface area contributed by atoms with Crippen LogP contribution in [0.4, 0.5) is 0 Å². The molecule has 3 heteroatoms. The lowest BCUT2D eigenvalue weighted by molar-refractivity contribution is -0.161. The van der Waals surface area contributed by atoms with E-state index in [0.29, 0.717) is 6.04 Å². The van der Waals surface area contributed by atoms with E-state index < -0.39 is 0 Å². The van der Waals surface area contributed by atoms with E-state index in [-0.39, 0.29) is 18.6 Å². The quantitative estimate of drug-likeness (QED) is 0.800. The summed E-state index contributed by atoms with van der Waals surface area (Å²) >= 11 is 0. The lowest BCUT2D eigenvalue weighted by Gasteiger charge is -2.43. The third-order valence-electron chi connectivity index (χ3n) is 4.00. The Morgan fingerprint density at radius 3 is 2.78 bits per heavy atom. The molecule has 0 spiro atoms. The molecule has 96 valence electrons. The van der Waals surface area contributed by atoms with Crippen LogP contribution in [0.1, 0.15) is 31.2 Å². The summed E-state index contributed by atoms with van der Waals surface area (Å²) < 4.78 is 5.67. The Bertz CT molecular complexity index is 418. The van der Waals surface area contributed by atoms with Crippen LogP contribution in [0.15, 0.2) is 30.3 Å². The van der Waals surface area contributed by atoms with Crippen molar-refractivity contribution in [1.29, 1.82) is 0 Å². The first-order chi connectivity index (χ1) is 8.84. The van der Waals surface area contributed by atoms with Crippen LogP contribution in [0.25, 0.3) is 0 Å². The summed E-state index contributed by atoms with van der Waals surface area (Å²) in [7, 11) is 0. The average Bonchev–Trinajstić information content (AvgIpc) is 2.43. The molecule has 1 heterocycles. The first-order valence-electron chi connectivity index (χ1n) is 6.79. The summed E-state index contributed by atoms with van der Waals surface area (Å²) in [6, 6.07) is 10.5. The van der Waals surface area contributed by atoms with Gasteiger partial charge in [0.1, 0.15) is 6.61 Å². The van der Waals surface area contributed by atoms with Crippen LogP contribution >= 0.6 is 0 Å². The number of morpholine rings is 1. The fourth-order valence-corrected chi connectivity index (χ4v) is 3.06. The Balaban J connectivity index is 1.77. The zero-order chi connectivity index (χ0) is 12.4. The molecule has 0 N–H and O–H groups in total. The molecular weight excluding hydrogens is 226 g/mol. The number of benzene rings is 1. The second-order valence-corrected chi connectivity index (χ2v) is 5.21. The molecule has 2 atom stereocenters. The number of ether oxygens (including phenoxy) is 1. The molecule has 2 fully saturated rings. The fraction of sp³-hybridized carbons (Fsp3) is 0.533. The first kappa shape index (κ1) is 11.7. The van der Waals surface area contributed by atoms with Crippen molar-refractivity contribution in [3.63, 3.8) is 0 Å². The van der Waals surface area contributed by atoms with Gasteiger partial charge in [0.2, 0.25) is 5.91 Å². The highest BCUT2D eigenvalue weighted by atomic mass is 16.5. The molecular formula is C15H19NO2. The van der Waals surface area contributed by atoms with Gasteiger partial charge in [-0.25, -0.2) is 0 Å². The highest BCUT2D eigenvalue weighted by Gasteiger charge is 2.37. The summed E-state index contributed by atoms with van der Waals surface area (Å²) in [6.07, 6.45) is 4.89. The van der Waals surface area contributed by atoms with Gasteiger partial charge in [0, 0.05) is 6.54 Å². The molecule has 1 aliphatic heterocycles. The summed E-state index contributed by atoms with van der Waals surface area (Å²) in [6.45, 7) is 0.984. The van der Waals surface area contributed by atoms with Gasteiger partial charge in [-0.15, -0.1) is 0 Å². The van der Waals surface area contributed by atoms with E-state index in [1.54, 1.807) is 0 Å². The predicted octanol–water partition coefficient (Wildman–Crippen LogP) is 2.36. The normalized spacial score (nSPS) is 28.0. The molecule has 0 aromatic heterocycles. The second kappa shape index (κ2) is 5.11. The van der Waals surface area contributed by atoms with Gasteiger partial charge in [0.05, 0.1) is 12.1 Å². The highest BCUT2D eigenvalue weighted by Crippen LogP contribution is 2.29. The lowest BCUT2D eigenvalue weighted by Crippen LogP contribution is -2.55. The Hall–Kier alpha value is -1.35. The minimum Gasteiger partial charge on any atom is -0.366 e. The topological polar surface area (TPSA) is 29.5 Å². The molecule has 0 unspecified atom stereocenters. The number of rotatable bonds is 2. The van der Waals surface area contributed by atoms with Gasteiger partial charge in [-0.05, 0) is 18.4 Å². The van der Waals surface area contributed by atoms with E-state index in [9.17, 15) is 4.79 Å². The van der Waals surface area contributed by atoms with Crippen LogP contribution in [-0.2, 0) is 16.1 Å². The predicted molar refractivity (Wildman–Crippen MR) is 69.0 cm³/mol. The molecule has 1 saturated heterocycles.